The van der Waals surface area contributed by atoms with E-state index in [0.717, 1.165) is 12.3 Å². The number of pyridine rings is 1. The molecule has 7 heteroatoms. The Kier molecular flexibility index (Phi) is 4.50. The first kappa shape index (κ1) is 14.0. The van der Waals surface area contributed by atoms with Crippen molar-refractivity contribution < 1.29 is 22.7 Å². The summed E-state index contributed by atoms with van der Waals surface area (Å²) in [5.74, 6) is -0.601. The molecule has 1 aromatic rings. The molecule has 0 bridgehead atoms. The molecule has 0 amide bonds. The summed E-state index contributed by atoms with van der Waals surface area (Å²) in [5.41, 5.74) is -0.828. The van der Waals surface area contributed by atoms with E-state index >= 15 is 0 Å². The Balaban J connectivity index is 2.93. The second-order valence-electron chi connectivity index (χ2n) is 3.14. The van der Waals surface area contributed by atoms with Crippen LogP contribution in [0.25, 0.3) is 0 Å². The number of halogens is 4. The Hall–Kier alpha value is -1.11. The maximum atomic E-state index is 12.5. The third-order valence-corrected chi connectivity index (χ3v) is 2.48. The summed E-state index contributed by atoms with van der Waals surface area (Å²) in [6.45, 7) is 1.80. The third kappa shape index (κ3) is 3.99. The highest BCUT2D eigenvalue weighted by molar-refractivity contribution is 9.10. The van der Waals surface area contributed by atoms with Crippen LogP contribution in [0.2, 0.25) is 0 Å². The minimum atomic E-state index is -4.48. The number of alkyl halides is 3. The van der Waals surface area contributed by atoms with Gasteiger partial charge in [0.15, 0.2) is 0 Å². The Labute approximate surface area is 104 Å². The van der Waals surface area contributed by atoms with Crippen molar-refractivity contribution in [3.05, 3.63) is 28.0 Å². The molecule has 0 aliphatic carbocycles. The molecule has 1 rings (SSSR count). The van der Waals surface area contributed by atoms with Gasteiger partial charge in [-0.3, -0.25) is 9.78 Å². The fourth-order valence-corrected chi connectivity index (χ4v) is 1.60. The van der Waals surface area contributed by atoms with Crippen molar-refractivity contribution in [1.29, 1.82) is 0 Å². The van der Waals surface area contributed by atoms with Crippen LogP contribution in [0.15, 0.2) is 16.7 Å². The second-order valence-corrected chi connectivity index (χ2v) is 3.99. The van der Waals surface area contributed by atoms with E-state index in [2.05, 4.69) is 25.7 Å². The lowest BCUT2D eigenvalue weighted by atomic mass is 10.2. The van der Waals surface area contributed by atoms with Crippen LogP contribution in [0.1, 0.15) is 18.2 Å². The number of carbonyl (C=O) groups excluding carboxylic acids is 1. The van der Waals surface area contributed by atoms with Crippen LogP contribution in [0.5, 0.6) is 0 Å². The molecule has 17 heavy (non-hydrogen) atoms. The second kappa shape index (κ2) is 5.48. The van der Waals surface area contributed by atoms with Gasteiger partial charge in [0, 0.05) is 10.7 Å². The number of aromatic nitrogens is 1. The molecule has 0 spiro atoms. The quantitative estimate of drug-likeness (QED) is 0.806. The van der Waals surface area contributed by atoms with Gasteiger partial charge in [-0.15, -0.1) is 0 Å². The Morgan fingerprint density at radius 2 is 2.18 bits per heavy atom. The van der Waals surface area contributed by atoms with Crippen LogP contribution in [0, 0.1) is 0 Å². The Bertz CT molecular complexity index is 421. The number of hydrogen-bond donors (Lipinski definition) is 0. The first-order chi connectivity index (χ1) is 7.84. The first-order valence-corrected chi connectivity index (χ1v) is 5.51. The van der Waals surface area contributed by atoms with Gasteiger partial charge in [-0.05, 0) is 28.9 Å². The standard InChI is InChI=1S/C10H9BrF3NO2/c1-2-17-9(16)4-6-3-7(10(12,13)14)8(11)5-15-6/h3,5H,2,4H2,1H3. The zero-order valence-electron chi connectivity index (χ0n) is 8.84. The van der Waals surface area contributed by atoms with Crippen LogP contribution in [-0.4, -0.2) is 17.6 Å². The van der Waals surface area contributed by atoms with E-state index < -0.39 is 17.7 Å². The van der Waals surface area contributed by atoms with Crippen molar-refractivity contribution in [2.45, 2.75) is 19.5 Å². The largest absolute Gasteiger partial charge is 0.466 e. The highest BCUT2D eigenvalue weighted by Crippen LogP contribution is 2.34. The third-order valence-electron chi connectivity index (χ3n) is 1.85. The van der Waals surface area contributed by atoms with E-state index in [1.165, 1.54) is 0 Å². The van der Waals surface area contributed by atoms with Gasteiger partial charge in [-0.2, -0.15) is 13.2 Å². The lowest BCUT2D eigenvalue weighted by molar-refractivity contribution is -0.143. The molecule has 0 unspecified atom stereocenters. The summed E-state index contributed by atoms with van der Waals surface area (Å²) in [4.78, 5) is 14.8. The minimum absolute atomic E-state index is 0.0268. The van der Waals surface area contributed by atoms with Crippen LogP contribution in [0.4, 0.5) is 13.2 Å². The van der Waals surface area contributed by atoms with Gasteiger partial charge in [-0.25, -0.2) is 0 Å². The first-order valence-electron chi connectivity index (χ1n) is 4.71. The van der Waals surface area contributed by atoms with Gasteiger partial charge in [0.1, 0.15) is 0 Å². The fraction of sp³-hybridized carbons (Fsp3) is 0.400. The molecule has 3 nitrogen and oxygen atoms in total. The van der Waals surface area contributed by atoms with Crippen molar-refractivity contribution in [1.82, 2.24) is 4.98 Å². The van der Waals surface area contributed by atoms with E-state index in [-0.39, 0.29) is 23.2 Å². The molecule has 0 aliphatic rings. The highest BCUT2D eigenvalue weighted by atomic mass is 79.9. The van der Waals surface area contributed by atoms with Gasteiger partial charge in [-0.1, -0.05) is 0 Å². The number of rotatable bonds is 3. The highest BCUT2D eigenvalue weighted by Gasteiger charge is 2.33. The van der Waals surface area contributed by atoms with Crippen molar-refractivity contribution >= 4 is 21.9 Å². The molecular formula is C10H9BrF3NO2. The molecule has 0 saturated carbocycles. The Morgan fingerprint density at radius 3 is 2.71 bits per heavy atom. The van der Waals surface area contributed by atoms with Gasteiger partial charge in [0.05, 0.1) is 24.3 Å². The topological polar surface area (TPSA) is 39.2 Å². The molecule has 94 valence electrons. The summed E-state index contributed by atoms with van der Waals surface area (Å²) < 4.78 is 42.1. The SMILES string of the molecule is CCOC(=O)Cc1cc(C(F)(F)F)c(Br)cn1. The molecular weight excluding hydrogens is 303 g/mol. The van der Waals surface area contributed by atoms with E-state index in [0.29, 0.717) is 0 Å². The van der Waals surface area contributed by atoms with E-state index in [1.54, 1.807) is 6.92 Å². The number of hydrogen-bond acceptors (Lipinski definition) is 3. The average Bonchev–Trinajstić information content (AvgIpc) is 2.19. The van der Waals surface area contributed by atoms with Crippen molar-refractivity contribution in [2.75, 3.05) is 6.61 Å². The molecule has 0 fully saturated rings. The molecule has 1 heterocycles. The fourth-order valence-electron chi connectivity index (χ4n) is 1.16. The number of esters is 1. The molecule has 0 N–H and O–H groups in total. The predicted octanol–water partition coefficient (Wildman–Crippen LogP) is 2.97. The van der Waals surface area contributed by atoms with E-state index in [1.807, 2.05) is 0 Å². The number of carbonyl (C=O) groups is 1. The normalized spacial score (nSPS) is 11.4. The van der Waals surface area contributed by atoms with Crippen molar-refractivity contribution in [3.8, 4) is 0 Å². The van der Waals surface area contributed by atoms with Crippen LogP contribution >= 0.6 is 15.9 Å². The lowest BCUT2D eigenvalue weighted by Crippen LogP contribution is -2.12. The lowest BCUT2D eigenvalue weighted by Gasteiger charge is -2.10. The maximum absolute atomic E-state index is 12.5. The zero-order valence-corrected chi connectivity index (χ0v) is 10.4. The van der Waals surface area contributed by atoms with Gasteiger partial charge >= 0.3 is 12.1 Å². The summed E-state index contributed by atoms with van der Waals surface area (Å²) in [6, 6.07) is 0.834. The van der Waals surface area contributed by atoms with E-state index in [9.17, 15) is 18.0 Å². The van der Waals surface area contributed by atoms with Crippen LogP contribution in [0.3, 0.4) is 0 Å². The summed E-state index contributed by atoms with van der Waals surface area (Å²) in [5, 5.41) is 0. The molecule has 0 saturated heterocycles. The smallest absolute Gasteiger partial charge is 0.417 e. The molecule has 0 aromatic carbocycles. The van der Waals surface area contributed by atoms with Crippen molar-refractivity contribution in [2.24, 2.45) is 0 Å². The van der Waals surface area contributed by atoms with Crippen LogP contribution < -0.4 is 0 Å². The van der Waals surface area contributed by atoms with E-state index in [4.69, 9.17) is 0 Å². The molecule has 0 atom stereocenters. The average molecular weight is 312 g/mol. The summed E-state index contributed by atoms with van der Waals surface area (Å²) in [7, 11) is 0. The van der Waals surface area contributed by atoms with Gasteiger partial charge in [0.2, 0.25) is 0 Å². The number of nitrogens with zero attached hydrogens (tertiary/aromatic N) is 1. The molecule has 0 radical (unpaired) electrons. The summed E-state index contributed by atoms with van der Waals surface area (Å²) >= 11 is 2.76. The Morgan fingerprint density at radius 1 is 1.53 bits per heavy atom. The molecule has 1 aromatic heterocycles. The zero-order chi connectivity index (χ0) is 13.1. The number of ether oxygens (including phenoxy) is 1. The van der Waals surface area contributed by atoms with Crippen molar-refractivity contribution in [3.63, 3.8) is 0 Å². The minimum Gasteiger partial charge on any atom is -0.466 e. The monoisotopic (exact) mass is 311 g/mol. The predicted molar refractivity (Wildman–Crippen MR) is 57.3 cm³/mol. The summed E-state index contributed by atoms with van der Waals surface area (Å²) in [6.07, 6.45) is -3.73. The molecule has 0 aliphatic heterocycles. The van der Waals surface area contributed by atoms with Gasteiger partial charge < -0.3 is 4.74 Å². The van der Waals surface area contributed by atoms with Crippen LogP contribution in [-0.2, 0) is 22.1 Å². The maximum Gasteiger partial charge on any atom is 0.417 e. The van der Waals surface area contributed by atoms with Gasteiger partial charge in [0.25, 0.3) is 0 Å².